The number of carbonyl (C=O) groups is 3. The summed E-state index contributed by atoms with van der Waals surface area (Å²) in [6.45, 7) is 1.69. The van der Waals surface area contributed by atoms with Crippen molar-refractivity contribution in [1.82, 2.24) is 5.32 Å². The Morgan fingerprint density at radius 3 is 2.56 bits per heavy atom. The zero-order chi connectivity index (χ0) is 19.9. The van der Waals surface area contributed by atoms with E-state index >= 15 is 0 Å². The number of ether oxygens (including phenoxy) is 1. The van der Waals surface area contributed by atoms with Gasteiger partial charge >= 0.3 is 5.97 Å². The number of hydrogen-bond acceptors (Lipinski definition) is 4. The number of carboxylic acid groups (broad SMARTS) is 1. The molecule has 2 rings (SSSR count). The summed E-state index contributed by atoms with van der Waals surface area (Å²) in [5.41, 5.74) is -0.118. The average Bonchev–Trinajstić information content (AvgIpc) is 2.62. The van der Waals surface area contributed by atoms with Crippen molar-refractivity contribution in [1.29, 1.82) is 0 Å². The number of carbonyl (C=O) groups excluding carboxylic acids is 2. The normalized spacial score (nSPS) is 17.0. The fourth-order valence-corrected chi connectivity index (χ4v) is 3.48. The van der Waals surface area contributed by atoms with Gasteiger partial charge in [0.05, 0.1) is 18.6 Å². The monoisotopic (exact) mass is 376 g/mol. The summed E-state index contributed by atoms with van der Waals surface area (Å²) in [6, 6.07) is 6.66. The Bertz CT molecular complexity index is 685. The summed E-state index contributed by atoms with van der Waals surface area (Å²) in [6.07, 6.45) is 4.86. The molecule has 0 aromatic heterocycles. The second-order valence-electron chi connectivity index (χ2n) is 7.42. The summed E-state index contributed by atoms with van der Waals surface area (Å²) in [5, 5.41) is 14.7. The molecule has 2 amide bonds. The molecule has 1 unspecified atom stereocenters. The second kappa shape index (κ2) is 9.50. The summed E-state index contributed by atoms with van der Waals surface area (Å²) >= 11 is 0. The van der Waals surface area contributed by atoms with Crippen LogP contribution in [0.2, 0.25) is 0 Å². The van der Waals surface area contributed by atoms with E-state index in [1.54, 1.807) is 31.2 Å². The lowest BCUT2D eigenvalue weighted by molar-refractivity contribution is -0.139. The van der Waals surface area contributed by atoms with Crippen LogP contribution in [0.25, 0.3) is 0 Å². The van der Waals surface area contributed by atoms with Gasteiger partial charge in [0, 0.05) is 24.3 Å². The van der Waals surface area contributed by atoms with Crippen molar-refractivity contribution in [3.8, 4) is 0 Å². The zero-order valence-electron chi connectivity index (χ0n) is 15.9. The van der Waals surface area contributed by atoms with Crippen LogP contribution in [-0.2, 0) is 14.3 Å². The van der Waals surface area contributed by atoms with E-state index in [-0.39, 0.29) is 24.9 Å². The van der Waals surface area contributed by atoms with Crippen molar-refractivity contribution < 1.29 is 24.2 Å². The Hall–Kier alpha value is -2.41. The van der Waals surface area contributed by atoms with Crippen molar-refractivity contribution in [2.75, 3.05) is 19.0 Å². The minimum Gasteiger partial charge on any atom is -0.481 e. The lowest BCUT2D eigenvalue weighted by Gasteiger charge is -2.28. The number of aliphatic carboxylic acids is 1. The SMILES string of the molecule is COCC(C)(CC(=O)O)NC(=O)c1cccc(NC(=O)C2CCCCC2)c1. The molecule has 1 aromatic carbocycles. The maximum absolute atomic E-state index is 12.6. The highest BCUT2D eigenvalue weighted by molar-refractivity contribution is 5.98. The van der Waals surface area contributed by atoms with E-state index in [2.05, 4.69) is 10.6 Å². The van der Waals surface area contributed by atoms with Crippen molar-refractivity contribution in [2.24, 2.45) is 5.92 Å². The van der Waals surface area contributed by atoms with Crippen LogP contribution in [0, 0.1) is 5.92 Å². The highest BCUT2D eigenvalue weighted by Gasteiger charge is 2.30. The lowest BCUT2D eigenvalue weighted by Crippen LogP contribution is -2.50. The van der Waals surface area contributed by atoms with Gasteiger partial charge in [0.25, 0.3) is 5.91 Å². The van der Waals surface area contributed by atoms with E-state index in [1.807, 2.05) is 0 Å². The van der Waals surface area contributed by atoms with Gasteiger partial charge in [0.1, 0.15) is 0 Å². The van der Waals surface area contributed by atoms with Gasteiger partial charge in [-0.15, -0.1) is 0 Å². The molecule has 1 aliphatic carbocycles. The summed E-state index contributed by atoms with van der Waals surface area (Å²) in [5.74, 6) is -1.42. The molecule has 0 radical (unpaired) electrons. The largest absolute Gasteiger partial charge is 0.481 e. The first-order valence-electron chi connectivity index (χ1n) is 9.27. The molecule has 7 nitrogen and oxygen atoms in total. The third-order valence-corrected chi connectivity index (χ3v) is 4.79. The first kappa shape index (κ1) is 20.9. The number of carboxylic acids is 1. The molecule has 1 atom stereocenters. The van der Waals surface area contributed by atoms with E-state index < -0.39 is 17.4 Å². The van der Waals surface area contributed by atoms with Crippen molar-refractivity contribution in [3.05, 3.63) is 29.8 Å². The number of rotatable bonds is 8. The minimum atomic E-state index is -1.03. The Morgan fingerprint density at radius 2 is 1.93 bits per heavy atom. The fourth-order valence-electron chi connectivity index (χ4n) is 3.48. The van der Waals surface area contributed by atoms with Crippen LogP contribution in [-0.4, -0.2) is 42.1 Å². The Labute approximate surface area is 159 Å². The molecule has 1 aromatic rings. The minimum absolute atomic E-state index is 0.0117. The first-order valence-corrected chi connectivity index (χ1v) is 9.27. The van der Waals surface area contributed by atoms with Gasteiger partial charge in [-0.3, -0.25) is 14.4 Å². The lowest BCUT2D eigenvalue weighted by atomic mass is 9.88. The van der Waals surface area contributed by atoms with E-state index in [1.165, 1.54) is 13.5 Å². The molecule has 0 saturated heterocycles. The highest BCUT2D eigenvalue weighted by atomic mass is 16.5. The Balaban J connectivity index is 2.05. The summed E-state index contributed by atoms with van der Waals surface area (Å²) < 4.78 is 5.05. The molecule has 1 fully saturated rings. The van der Waals surface area contributed by atoms with Gasteiger partial charge in [0.2, 0.25) is 5.91 Å². The van der Waals surface area contributed by atoms with E-state index in [0.717, 1.165) is 25.7 Å². The number of nitrogens with one attached hydrogen (secondary N) is 2. The summed E-state index contributed by atoms with van der Waals surface area (Å²) in [7, 11) is 1.45. The Kier molecular flexibility index (Phi) is 7.36. The van der Waals surface area contributed by atoms with Crippen LogP contribution in [0.1, 0.15) is 55.8 Å². The third kappa shape index (κ3) is 6.36. The van der Waals surface area contributed by atoms with Crippen molar-refractivity contribution in [3.63, 3.8) is 0 Å². The van der Waals surface area contributed by atoms with E-state index in [9.17, 15) is 14.4 Å². The van der Waals surface area contributed by atoms with Gasteiger partial charge < -0.3 is 20.5 Å². The van der Waals surface area contributed by atoms with Gasteiger partial charge in [-0.1, -0.05) is 25.3 Å². The average molecular weight is 376 g/mol. The standard InChI is InChI=1S/C20H28N2O5/c1-20(13-27-2,12-17(23)24)22-19(26)15-9-6-10-16(11-15)21-18(25)14-7-4-3-5-8-14/h6,9-11,14H,3-5,7-8,12-13H2,1-2H3,(H,21,25)(H,22,26)(H,23,24). The molecule has 1 saturated carbocycles. The molecule has 0 aliphatic heterocycles. The van der Waals surface area contributed by atoms with Crippen LogP contribution in [0.5, 0.6) is 0 Å². The zero-order valence-corrected chi connectivity index (χ0v) is 15.9. The van der Waals surface area contributed by atoms with Crippen molar-refractivity contribution >= 4 is 23.5 Å². The van der Waals surface area contributed by atoms with Gasteiger partial charge in [-0.2, -0.15) is 0 Å². The Morgan fingerprint density at radius 1 is 1.22 bits per heavy atom. The predicted octanol–water partition coefficient (Wildman–Crippen LogP) is 2.82. The molecular weight excluding hydrogens is 348 g/mol. The number of methoxy groups -OCH3 is 1. The first-order chi connectivity index (χ1) is 12.8. The molecule has 0 bridgehead atoms. The predicted molar refractivity (Wildman–Crippen MR) is 102 cm³/mol. The molecule has 0 spiro atoms. The summed E-state index contributed by atoms with van der Waals surface area (Å²) in [4.78, 5) is 36.1. The molecule has 0 heterocycles. The topological polar surface area (TPSA) is 105 Å². The molecule has 1 aliphatic rings. The number of anilines is 1. The highest BCUT2D eigenvalue weighted by Crippen LogP contribution is 2.25. The van der Waals surface area contributed by atoms with Crippen LogP contribution in [0.3, 0.4) is 0 Å². The van der Waals surface area contributed by atoms with E-state index in [0.29, 0.717) is 11.3 Å². The molecule has 27 heavy (non-hydrogen) atoms. The number of hydrogen-bond donors (Lipinski definition) is 3. The van der Waals surface area contributed by atoms with Crippen LogP contribution < -0.4 is 10.6 Å². The van der Waals surface area contributed by atoms with Crippen LogP contribution in [0.4, 0.5) is 5.69 Å². The van der Waals surface area contributed by atoms with Crippen LogP contribution >= 0.6 is 0 Å². The fraction of sp³-hybridized carbons (Fsp3) is 0.550. The van der Waals surface area contributed by atoms with Gasteiger partial charge in [0.15, 0.2) is 0 Å². The molecule has 148 valence electrons. The number of benzene rings is 1. The number of amides is 2. The maximum atomic E-state index is 12.6. The maximum Gasteiger partial charge on any atom is 0.305 e. The van der Waals surface area contributed by atoms with Gasteiger partial charge in [-0.05, 0) is 38.0 Å². The van der Waals surface area contributed by atoms with Crippen LogP contribution in [0.15, 0.2) is 24.3 Å². The molecular formula is C20H28N2O5. The third-order valence-electron chi connectivity index (χ3n) is 4.79. The van der Waals surface area contributed by atoms with Gasteiger partial charge in [-0.25, -0.2) is 0 Å². The molecule has 3 N–H and O–H groups in total. The molecule has 7 heteroatoms. The smallest absolute Gasteiger partial charge is 0.305 e. The van der Waals surface area contributed by atoms with Crippen molar-refractivity contribution in [2.45, 2.75) is 51.0 Å². The second-order valence-corrected chi connectivity index (χ2v) is 7.42. The quantitative estimate of drug-likeness (QED) is 0.647. The van der Waals surface area contributed by atoms with E-state index in [4.69, 9.17) is 9.84 Å².